The number of carboxylic acid groups (broad SMARTS) is 1. The fourth-order valence-corrected chi connectivity index (χ4v) is 5.84. The van der Waals surface area contributed by atoms with Gasteiger partial charge >= 0.3 is 6.09 Å². The number of aromatic amines is 1. The zero-order valence-electron chi connectivity index (χ0n) is 19.4. The number of fused-ring (bicyclic) bond motifs is 2. The van der Waals surface area contributed by atoms with Crippen LogP contribution in [0.5, 0.6) is 0 Å². The van der Waals surface area contributed by atoms with Crippen LogP contribution in [0.25, 0.3) is 10.9 Å². The summed E-state index contributed by atoms with van der Waals surface area (Å²) in [4.78, 5) is 49.8. The normalized spacial score (nSPS) is 19.9. The summed E-state index contributed by atoms with van der Waals surface area (Å²) < 4.78 is 0. The van der Waals surface area contributed by atoms with Crippen molar-refractivity contribution in [2.45, 2.75) is 31.5 Å². The van der Waals surface area contributed by atoms with Crippen molar-refractivity contribution in [2.75, 3.05) is 26.7 Å². The van der Waals surface area contributed by atoms with Crippen LogP contribution in [-0.2, 0) is 13.0 Å². The zero-order chi connectivity index (χ0) is 24.7. The second kappa shape index (κ2) is 10.6. The molecule has 1 saturated heterocycles. The molecule has 0 bridgehead atoms. The lowest BCUT2D eigenvalue weighted by atomic mass is 9.99. The average molecular weight is 553 g/mol. The summed E-state index contributed by atoms with van der Waals surface area (Å²) in [6, 6.07) is 5.92. The zero-order valence-corrected chi connectivity index (χ0v) is 21.8. The first-order valence-electron chi connectivity index (χ1n) is 11.3. The number of halogens is 2. The molecule has 36 heavy (non-hydrogen) atoms. The predicted molar refractivity (Wildman–Crippen MR) is 139 cm³/mol. The van der Waals surface area contributed by atoms with E-state index >= 15 is 0 Å². The molecule has 3 aromatic rings. The molecule has 1 fully saturated rings. The van der Waals surface area contributed by atoms with Crippen LogP contribution < -0.4 is 10.6 Å². The summed E-state index contributed by atoms with van der Waals surface area (Å²) in [6.45, 7) is 2.00. The molecule has 0 saturated carbocycles. The van der Waals surface area contributed by atoms with Crippen LogP contribution in [0.15, 0.2) is 24.3 Å². The molecule has 0 spiro atoms. The van der Waals surface area contributed by atoms with Gasteiger partial charge in [-0.2, -0.15) is 0 Å². The summed E-state index contributed by atoms with van der Waals surface area (Å²) in [6.07, 6.45) is 0.117. The van der Waals surface area contributed by atoms with Crippen molar-refractivity contribution in [3.63, 3.8) is 0 Å². The minimum Gasteiger partial charge on any atom is -0.465 e. The van der Waals surface area contributed by atoms with Crippen molar-refractivity contribution in [3.05, 3.63) is 50.6 Å². The minimum atomic E-state index is -1.06. The largest absolute Gasteiger partial charge is 0.465 e. The van der Waals surface area contributed by atoms with Gasteiger partial charge in [-0.15, -0.1) is 23.7 Å². The molecule has 3 amide bonds. The molecule has 2 aliphatic rings. The van der Waals surface area contributed by atoms with Crippen LogP contribution in [0.2, 0.25) is 5.02 Å². The van der Waals surface area contributed by atoms with Gasteiger partial charge < -0.3 is 30.5 Å². The fourth-order valence-electron chi connectivity index (χ4n) is 4.57. The molecule has 2 unspecified atom stereocenters. The van der Waals surface area contributed by atoms with Gasteiger partial charge in [0.25, 0.3) is 11.8 Å². The number of rotatable bonds is 4. The number of nitrogens with one attached hydrogen (secondary N) is 3. The number of amides is 3. The van der Waals surface area contributed by atoms with Crippen LogP contribution in [0, 0.1) is 0 Å². The molecule has 13 heteroatoms. The maximum atomic E-state index is 13.0. The molecule has 1 aromatic carbocycles. The molecule has 5 rings (SSSR count). The standard InChI is InChI=1S/C23H25ClN6O4S.ClH/c1-29-6-4-16-19(11-29)35-22(28-16)21(32)26-15-5-7-30(23(33)34)10-18(15)27-20(31)17-9-12-8-13(24)2-3-14(12)25-17;/h2-3,8-9,15,18,25H,4-7,10-11H2,1H3,(H,26,32)(H,27,31)(H,33,34);1H. The number of H-pyrrole nitrogens is 1. The van der Waals surface area contributed by atoms with E-state index in [1.807, 2.05) is 7.05 Å². The Morgan fingerprint density at radius 1 is 1.17 bits per heavy atom. The van der Waals surface area contributed by atoms with Gasteiger partial charge in [0.05, 0.1) is 17.8 Å². The van der Waals surface area contributed by atoms with Gasteiger partial charge in [0.2, 0.25) is 0 Å². The third-order valence-corrected chi connectivity index (χ3v) is 7.78. The van der Waals surface area contributed by atoms with Crippen LogP contribution in [0.1, 0.15) is 37.3 Å². The Bertz CT molecular complexity index is 1310. The highest BCUT2D eigenvalue weighted by atomic mass is 35.5. The Morgan fingerprint density at radius 2 is 1.94 bits per heavy atom. The topological polar surface area (TPSA) is 131 Å². The highest BCUT2D eigenvalue weighted by molar-refractivity contribution is 7.13. The Morgan fingerprint density at radius 3 is 2.72 bits per heavy atom. The monoisotopic (exact) mass is 552 g/mol. The van der Waals surface area contributed by atoms with Crippen molar-refractivity contribution < 1.29 is 19.5 Å². The molecule has 0 aliphatic carbocycles. The smallest absolute Gasteiger partial charge is 0.407 e. The number of piperidine rings is 1. The van der Waals surface area contributed by atoms with Crippen LogP contribution in [-0.4, -0.2) is 81.5 Å². The van der Waals surface area contributed by atoms with E-state index in [1.165, 1.54) is 16.2 Å². The lowest BCUT2D eigenvalue weighted by Crippen LogP contribution is -2.61. The molecule has 2 atom stereocenters. The highest BCUT2D eigenvalue weighted by Gasteiger charge is 2.35. The van der Waals surface area contributed by atoms with Crippen LogP contribution in [0.3, 0.4) is 0 Å². The molecule has 4 N–H and O–H groups in total. The molecule has 0 radical (unpaired) electrons. The predicted octanol–water partition coefficient (Wildman–Crippen LogP) is 2.97. The number of carbonyl (C=O) groups excluding carboxylic acids is 2. The average Bonchev–Trinajstić information content (AvgIpc) is 3.43. The lowest BCUT2D eigenvalue weighted by molar-refractivity contribution is 0.0792. The SMILES string of the molecule is CN1CCc2nc(C(=O)NC3CCN(C(=O)O)CC3NC(=O)c3cc4cc(Cl)ccc4[nH]3)sc2C1.Cl. The van der Waals surface area contributed by atoms with E-state index in [0.717, 1.165) is 41.0 Å². The molecular formula is C23H26Cl2N6O4S. The van der Waals surface area contributed by atoms with Gasteiger partial charge in [-0.1, -0.05) is 11.6 Å². The number of nitrogens with zero attached hydrogens (tertiary/aromatic N) is 3. The van der Waals surface area contributed by atoms with Crippen molar-refractivity contribution in [3.8, 4) is 0 Å². The van der Waals surface area contributed by atoms with Crippen molar-refractivity contribution in [2.24, 2.45) is 0 Å². The first-order chi connectivity index (χ1) is 16.8. The number of thiazole rings is 1. The lowest BCUT2D eigenvalue weighted by Gasteiger charge is -2.37. The van der Waals surface area contributed by atoms with Crippen molar-refractivity contribution in [1.29, 1.82) is 0 Å². The fraction of sp³-hybridized carbons (Fsp3) is 0.391. The van der Waals surface area contributed by atoms with E-state index in [9.17, 15) is 19.5 Å². The van der Waals surface area contributed by atoms with E-state index in [2.05, 4.69) is 25.5 Å². The van der Waals surface area contributed by atoms with E-state index in [-0.39, 0.29) is 37.3 Å². The van der Waals surface area contributed by atoms with E-state index in [4.69, 9.17) is 11.6 Å². The van der Waals surface area contributed by atoms with E-state index < -0.39 is 18.2 Å². The van der Waals surface area contributed by atoms with Gasteiger partial charge in [0.15, 0.2) is 5.01 Å². The Hall–Kier alpha value is -2.86. The molecule has 10 nitrogen and oxygen atoms in total. The Balaban J connectivity index is 0.00000304. The van der Waals surface area contributed by atoms with Gasteiger partial charge in [-0.05, 0) is 37.7 Å². The molecule has 4 heterocycles. The summed E-state index contributed by atoms with van der Waals surface area (Å²) in [5.41, 5.74) is 2.05. The number of benzene rings is 1. The summed E-state index contributed by atoms with van der Waals surface area (Å²) in [5.74, 6) is -0.693. The Labute approximate surface area is 222 Å². The van der Waals surface area contributed by atoms with Gasteiger partial charge in [0.1, 0.15) is 5.69 Å². The summed E-state index contributed by atoms with van der Waals surface area (Å²) in [7, 11) is 2.04. The number of hydrogen-bond donors (Lipinski definition) is 4. The Kier molecular flexibility index (Phi) is 7.74. The number of aromatic nitrogens is 2. The summed E-state index contributed by atoms with van der Waals surface area (Å²) >= 11 is 7.43. The van der Waals surface area contributed by atoms with Crippen molar-refractivity contribution in [1.82, 2.24) is 30.4 Å². The molecular weight excluding hydrogens is 527 g/mol. The number of hydrogen-bond acceptors (Lipinski definition) is 6. The number of likely N-dealkylation sites (tertiary alicyclic amines) is 1. The number of likely N-dealkylation sites (N-methyl/N-ethyl adjacent to an activating group) is 1. The third kappa shape index (κ3) is 5.44. The van der Waals surface area contributed by atoms with Crippen LogP contribution in [0.4, 0.5) is 4.79 Å². The van der Waals surface area contributed by atoms with Crippen molar-refractivity contribution >= 4 is 64.2 Å². The first kappa shape index (κ1) is 26.2. The van der Waals surface area contributed by atoms with Gasteiger partial charge in [-0.3, -0.25) is 9.59 Å². The van der Waals surface area contributed by atoms with Crippen LogP contribution >= 0.6 is 35.3 Å². The van der Waals surface area contributed by atoms with E-state index in [1.54, 1.807) is 24.3 Å². The second-order valence-electron chi connectivity index (χ2n) is 8.97. The highest BCUT2D eigenvalue weighted by Crippen LogP contribution is 2.25. The molecule has 2 aliphatic heterocycles. The molecule has 2 aromatic heterocycles. The maximum Gasteiger partial charge on any atom is 0.407 e. The summed E-state index contributed by atoms with van der Waals surface area (Å²) in [5, 5.41) is 17.1. The minimum absolute atomic E-state index is 0. The maximum absolute atomic E-state index is 13.0. The third-order valence-electron chi connectivity index (χ3n) is 6.46. The first-order valence-corrected chi connectivity index (χ1v) is 12.5. The van der Waals surface area contributed by atoms with Gasteiger partial charge in [0, 0.05) is 53.4 Å². The van der Waals surface area contributed by atoms with Gasteiger partial charge in [-0.25, -0.2) is 9.78 Å². The number of carbonyl (C=O) groups is 3. The quantitative estimate of drug-likeness (QED) is 0.393. The second-order valence-corrected chi connectivity index (χ2v) is 10.5. The van der Waals surface area contributed by atoms with E-state index in [0.29, 0.717) is 22.1 Å². The molecule has 192 valence electrons.